The van der Waals surface area contributed by atoms with Crippen molar-refractivity contribution in [2.45, 2.75) is 38.2 Å². The summed E-state index contributed by atoms with van der Waals surface area (Å²) in [6.45, 7) is 4.70. The van der Waals surface area contributed by atoms with E-state index in [0.29, 0.717) is 29.9 Å². The standard InChI is InChI=1S/C23H26N4O4/c1-14-17(3-4-18-19(14)13-31-23(18)30)22(29)12-27-7-6-16(11-27)25-10-21(28)20-5-2-15(8-24)9-26-20/h2-5,9,16,21-22,25,28-29H,6-7,10-13H2,1H3. The van der Waals surface area contributed by atoms with E-state index < -0.39 is 12.2 Å². The predicted molar refractivity (Wildman–Crippen MR) is 112 cm³/mol. The Balaban J connectivity index is 1.28. The second kappa shape index (κ2) is 9.12. The molecule has 2 aliphatic rings. The lowest BCUT2D eigenvalue weighted by Gasteiger charge is -2.22. The maximum absolute atomic E-state index is 11.7. The van der Waals surface area contributed by atoms with Gasteiger partial charge in [-0.3, -0.25) is 9.88 Å². The minimum atomic E-state index is -0.744. The molecule has 3 N–H and O–H groups in total. The minimum absolute atomic E-state index is 0.215. The van der Waals surface area contributed by atoms with E-state index in [-0.39, 0.29) is 18.6 Å². The van der Waals surface area contributed by atoms with Crippen molar-refractivity contribution in [2.24, 2.45) is 0 Å². The molecule has 8 heteroatoms. The van der Waals surface area contributed by atoms with E-state index in [9.17, 15) is 15.0 Å². The van der Waals surface area contributed by atoms with Crippen molar-refractivity contribution in [3.8, 4) is 6.07 Å². The Hall–Kier alpha value is -2.83. The van der Waals surface area contributed by atoms with Gasteiger partial charge in [-0.25, -0.2) is 4.79 Å². The third-order valence-corrected chi connectivity index (χ3v) is 6.13. The molecule has 0 aliphatic carbocycles. The maximum Gasteiger partial charge on any atom is 0.338 e. The van der Waals surface area contributed by atoms with Crippen LogP contribution in [0.4, 0.5) is 0 Å². The predicted octanol–water partition coefficient (Wildman–Crippen LogP) is 1.36. The summed E-state index contributed by atoms with van der Waals surface area (Å²) in [5.41, 5.74) is 4.21. The lowest BCUT2D eigenvalue weighted by atomic mass is 9.95. The summed E-state index contributed by atoms with van der Waals surface area (Å²) in [5, 5.41) is 33.3. The molecule has 1 aromatic carbocycles. The molecule has 1 saturated heterocycles. The number of pyridine rings is 1. The van der Waals surface area contributed by atoms with Crippen LogP contribution in [0.1, 0.15) is 56.9 Å². The number of hydrogen-bond donors (Lipinski definition) is 3. The summed E-state index contributed by atoms with van der Waals surface area (Å²) in [4.78, 5) is 18.0. The smallest absolute Gasteiger partial charge is 0.338 e. The van der Waals surface area contributed by atoms with Crippen molar-refractivity contribution < 1.29 is 19.7 Å². The van der Waals surface area contributed by atoms with Gasteiger partial charge in [0.15, 0.2) is 0 Å². The molecular formula is C23H26N4O4. The van der Waals surface area contributed by atoms with Gasteiger partial charge in [0.25, 0.3) is 0 Å². The second-order valence-electron chi connectivity index (χ2n) is 8.15. The van der Waals surface area contributed by atoms with Crippen LogP contribution in [0.25, 0.3) is 0 Å². The maximum atomic E-state index is 11.7. The number of aromatic nitrogens is 1. The van der Waals surface area contributed by atoms with Crippen molar-refractivity contribution in [2.75, 3.05) is 26.2 Å². The van der Waals surface area contributed by atoms with E-state index in [2.05, 4.69) is 15.2 Å². The number of benzene rings is 1. The van der Waals surface area contributed by atoms with Crippen LogP contribution in [0.15, 0.2) is 30.5 Å². The molecule has 4 rings (SSSR count). The highest BCUT2D eigenvalue weighted by Crippen LogP contribution is 2.29. The topological polar surface area (TPSA) is 119 Å². The van der Waals surface area contributed by atoms with Crippen LogP contribution in [-0.4, -0.2) is 58.3 Å². The number of nitrogens with one attached hydrogen (secondary N) is 1. The molecule has 3 atom stereocenters. The van der Waals surface area contributed by atoms with E-state index in [1.807, 2.05) is 19.1 Å². The van der Waals surface area contributed by atoms with E-state index >= 15 is 0 Å². The molecule has 1 aromatic heterocycles. The van der Waals surface area contributed by atoms with Gasteiger partial charge in [-0.05, 0) is 49.2 Å². The number of hydrogen-bond acceptors (Lipinski definition) is 8. The molecule has 0 spiro atoms. The summed E-state index contributed by atoms with van der Waals surface area (Å²) in [6, 6.07) is 9.10. The fraction of sp³-hybridized carbons (Fsp3) is 0.435. The first-order valence-electron chi connectivity index (χ1n) is 10.4. The average Bonchev–Trinajstić information content (AvgIpc) is 3.39. The van der Waals surface area contributed by atoms with Gasteiger partial charge in [-0.2, -0.15) is 5.26 Å². The Morgan fingerprint density at radius 1 is 1.32 bits per heavy atom. The van der Waals surface area contributed by atoms with Crippen molar-refractivity contribution in [3.05, 3.63) is 64.0 Å². The van der Waals surface area contributed by atoms with Crippen LogP contribution in [-0.2, 0) is 11.3 Å². The van der Waals surface area contributed by atoms with Crippen molar-refractivity contribution >= 4 is 5.97 Å². The van der Waals surface area contributed by atoms with E-state index in [0.717, 1.165) is 36.2 Å². The monoisotopic (exact) mass is 422 g/mol. The number of cyclic esters (lactones) is 1. The number of aliphatic hydroxyl groups excluding tert-OH is 2. The summed E-state index contributed by atoms with van der Waals surface area (Å²) in [5.74, 6) is -0.300. The zero-order valence-electron chi connectivity index (χ0n) is 17.4. The van der Waals surface area contributed by atoms with Crippen molar-refractivity contribution in [1.82, 2.24) is 15.2 Å². The van der Waals surface area contributed by atoms with Crippen LogP contribution in [0.5, 0.6) is 0 Å². The highest BCUT2D eigenvalue weighted by molar-refractivity contribution is 5.93. The average molecular weight is 422 g/mol. The third-order valence-electron chi connectivity index (χ3n) is 6.13. The van der Waals surface area contributed by atoms with Crippen LogP contribution < -0.4 is 5.32 Å². The number of rotatable bonds is 7. The van der Waals surface area contributed by atoms with Crippen LogP contribution in [0, 0.1) is 18.3 Å². The van der Waals surface area contributed by atoms with E-state index in [1.54, 1.807) is 18.2 Å². The number of nitriles is 1. The molecule has 3 heterocycles. The summed E-state index contributed by atoms with van der Waals surface area (Å²) >= 11 is 0. The minimum Gasteiger partial charge on any atom is -0.457 e. The number of carbonyl (C=O) groups excluding carboxylic acids is 1. The fourth-order valence-electron chi connectivity index (χ4n) is 4.29. The van der Waals surface area contributed by atoms with Gasteiger partial charge >= 0.3 is 5.97 Å². The number of likely N-dealkylation sites (tertiary alicyclic amines) is 1. The molecule has 2 aliphatic heterocycles. The van der Waals surface area contributed by atoms with Gasteiger partial charge in [0.1, 0.15) is 18.8 Å². The Kier molecular flexibility index (Phi) is 6.30. The Morgan fingerprint density at radius 2 is 2.16 bits per heavy atom. The van der Waals surface area contributed by atoms with Gasteiger partial charge in [-0.1, -0.05) is 6.07 Å². The Morgan fingerprint density at radius 3 is 2.90 bits per heavy atom. The first kappa shape index (κ1) is 21.4. The summed E-state index contributed by atoms with van der Waals surface area (Å²) in [6.07, 6.45) is 0.992. The molecule has 162 valence electrons. The highest BCUT2D eigenvalue weighted by atomic mass is 16.5. The number of esters is 1. The molecule has 31 heavy (non-hydrogen) atoms. The van der Waals surface area contributed by atoms with Crippen molar-refractivity contribution in [3.63, 3.8) is 0 Å². The normalized spacial score (nSPS) is 20.2. The van der Waals surface area contributed by atoms with Crippen LogP contribution in [0.3, 0.4) is 0 Å². The molecular weight excluding hydrogens is 396 g/mol. The fourth-order valence-corrected chi connectivity index (χ4v) is 4.29. The lowest BCUT2D eigenvalue weighted by molar-refractivity contribution is 0.0535. The first-order chi connectivity index (χ1) is 15.0. The number of ether oxygens (including phenoxy) is 1. The quantitative estimate of drug-likeness (QED) is 0.573. The van der Waals surface area contributed by atoms with Gasteiger partial charge in [0.2, 0.25) is 0 Å². The second-order valence-corrected chi connectivity index (χ2v) is 8.15. The number of fused-ring (bicyclic) bond motifs is 1. The van der Waals surface area contributed by atoms with E-state index in [1.165, 1.54) is 6.20 Å². The number of carbonyl (C=O) groups is 1. The van der Waals surface area contributed by atoms with Gasteiger partial charge in [-0.15, -0.1) is 0 Å². The highest BCUT2D eigenvalue weighted by Gasteiger charge is 2.28. The van der Waals surface area contributed by atoms with Crippen LogP contribution >= 0.6 is 0 Å². The SMILES string of the molecule is Cc1c(C(O)CN2CCC(NCC(O)c3ccc(C#N)cn3)C2)ccc2c1COC2=O. The largest absolute Gasteiger partial charge is 0.457 e. The summed E-state index contributed by atoms with van der Waals surface area (Å²) < 4.78 is 5.10. The zero-order valence-corrected chi connectivity index (χ0v) is 17.4. The molecule has 8 nitrogen and oxygen atoms in total. The zero-order chi connectivity index (χ0) is 22.0. The number of aliphatic hydroxyl groups is 2. The van der Waals surface area contributed by atoms with E-state index in [4.69, 9.17) is 10.00 Å². The molecule has 3 unspecified atom stereocenters. The molecule has 0 radical (unpaired) electrons. The Labute approximate surface area is 181 Å². The van der Waals surface area contributed by atoms with Gasteiger partial charge < -0.3 is 20.3 Å². The van der Waals surface area contributed by atoms with Gasteiger partial charge in [0.05, 0.1) is 22.9 Å². The number of β-amino-alcohol motifs (C(OH)–C–C–N with tert-alkyl or cyclic N) is 1. The third kappa shape index (κ3) is 4.60. The van der Waals surface area contributed by atoms with Gasteiger partial charge in [0, 0.05) is 37.4 Å². The summed E-state index contributed by atoms with van der Waals surface area (Å²) in [7, 11) is 0. The molecule has 1 fully saturated rings. The Bertz CT molecular complexity index is 1000. The number of nitrogens with zero attached hydrogens (tertiary/aromatic N) is 3. The first-order valence-corrected chi connectivity index (χ1v) is 10.4. The molecule has 0 amide bonds. The lowest BCUT2D eigenvalue weighted by Crippen LogP contribution is -2.36. The molecule has 0 saturated carbocycles. The van der Waals surface area contributed by atoms with Crippen LogP contribution in [0.2, 0.25) is 0 Å². The van der Waals surface area contributed by atoms with Crippen molar-refractivity contribution in [1.29, 1.82) is 5.26 Å². The molecule has 2 aromatic rings. The molecule has 0 bridgehead atoms.